The summed E-state index contributed by atoms with van der Waals surface area (Å²) in [4.78, 5) is 81.0. The van der Waals surface area contributed by atoms with E-state index < -0.39 is 65.7 Å². The molecule has 2 heterocycles. The molecule has 264 valence electrons. The molecule has 0 aliphatic carbocycles. The van der Waals surface area contributed by atoms with Crippen LogP contribution in [0.1, 0.15) is 60.8 Å². The minimum absolute atomic E-state index is 0.111. The normalized spacial score (nSPS) is 23.4. The summed E-state index contributed by atoms with van der Waals surface area (Å²) in [6, 6.07) is 6.93. The molecule has 5 atom stereocenters. The fourth-order valence-corrected chi connectivity index (χ4v) is 6.43. The van der Waals surface area contributed by atoms with Gasteiger partial charge in [0.25, 0.3) is 0 Å². The van der Waals surface area contributed by atoms with Crippen LogP contribution in [-0.4, -0.2) is 88.7 Å². The number of nitrogens with two attached hydrogens (primary N) is 2. The van der Waals surface area contributed by atoms with Gasteiger partial charge in [0.05, 0.1) is 12.5 Å². The lowest BCUT2D eigenvalue weighted by Gasteiger charge is -2.30. The standard InChI is InChI=1S/C35H47N7O7/c1-20-15-23(43)16-21(2)24(20)18-25(36)32(46)39-26-11-6-7-13-38-30(44)19-27(31(37)45)40-34(48)29-12-8-14-42(29)35(49)28(41-33(26)47)17-22-9-4-3-5-10-22/h3-5,9-10,15-16,25-29,43H,6-8,11-14,17-19,36H2,1-2H3,(H2,37,45)(H,38,44)(H,39,46)(H,40,48)(H,41,47)/t25-,26+,27-,28-,29+/m0/s1. The highest BCUT2D eigenvalue weighted by Gasteiger charge is 2.39. The molecule has 4 rings (SSSR count). The van der Waals surface area contributed by atoms with Gasteiger partial charge in [0.15, 0.2) is 0 Å². The zero-order chi connectivity index (χ0) is 35.7. The Morgan fingerprint density at radius 2 is 1.67 bits per heavy atom. The van der Waals surface area contributed by atoms with Crippen molar-refractivity contribution >= 4 is 35.4 Å². The van der Waals surface area contributed by atoms with Gasteiger partial charge in [0, 0.05) is 19.5 Å². The Hall–Kier alpha value is -4.98. The molecule has 6 amide bonds. The second-order valence-corrected chi connectivity index (χ2v) is 12.9. The smallest absolute Gasteiger partial charge is 0.246 e. The summed E-state index contributed by atoms with van der Waals surface area (Å²) in [6.45, 7) is 4.08. The molecule has 9 N–H and O–H groups in total. The first kappa shape index (κ1) is 36.8. The van der Waals surface area contributed by atoms with Crippen molar-refractivity contribution in [2.75, 3.05) is 13.1 Å². The molecule has 0 bridgehead atoms. The Labute approximate surface area is 285 Å². The molecular formula is C35H47N7O7. The predicted octanol–water partition coefficient (Wildman–Crippen LogP) is -0.258. The molecule has 0 unspecified atom stereocenters. The Morgan fingerprint density at radius 3 is 2.35 bits per heavy atom. The first-order valence-corrected chi connectivity index (χ1v) is 16.7. The molecule has 2 aromatic carbocycles. The van der Waals surface area contributed by atoms with Crippen LogP contribution in [0.5, 0.6) is 5.75 Å². The number of hydrogen-bond donors (Lipinski definition) is 7. The van der Waals surface area contributed by atoms with Gasteiger partial charge in [-0.3, -0.25) is 28.8 Å². The van der Waals surface area contributed by atoms with Crippen LogP contribution in [0.3, 0.4) is 0 Å². The SMILES string of the molecule is Cc1cc(O)cc(C)c1C[C@H](N)C(=O)N[C@@H]1CCCCNC(=O)C[C@@H](C(N)=O)NC(=O)[C@H]2CCCN2C(=O)[C@H](Cc2ccccc2)NC1=O. The van der Waals surface area contributed by atoms with Crippen molar-refractivity contribution in [3.63, 3.8) is 0 Å². The van der Waals surface area contributed by atoms with Crippen molar-refractivity contribution in [2.24, 2.45) is 11.5 Å². The van der Waals surface area contributed by atoms with E-state index in [4.69, 9.17) is 11.5 Å². The van der Waals surface area contributed by atoms with Crippen LogP contribution in [-0.2, 0) is 41.6 Å². The van der Waals surface area contributed by atoms with Gasteiger partial charge in [-0.2, -0.15) is 0 Å². The summed E-state index contributed by atoms with van der Waals surface area (Å²) in [5.41, 5.74) is 15.0. The van der Waals surface area contributed by atoms with E-state index in [2.05, 4.69) is 21.3 Å². The quantitative estimate of drug-likeness (QED) is 0.206. The Morgan fingerprint density at radius 1 is 0.980 bits per heavy atom. The summed E-state index contributed by atoms with van der Waals surface area (Å²) in [7, 11) is 0. The summed E-state index contributed by atoms with van der Waals surface area (Å²) in [6.07, 6.45) is 1.77. The number of amides is 6. The van der Waals surface area contributed by atoms with Crippen LogP contribution < -0.4 is 32.7 Å². The van der Waals surface area contributed by atoms with Crippen molar-refractivity contribution in [1.82, 2.24) is 26.2 Å². The van der Waals surface area contributed by atoms with Gasteiger partial charge in [-0.15, -0.1) is 0 Å². The van der Waals surface area contributed by atoms with Gasteiger partial charge in [-0.25, -0.2) is 0 Å². The number of fused-ring (bicyclic) bond motifs is 1. The lowest BCUT2D eigenvalue weighted by molar-refractivity contribution is -0.142. The van der Waals surface area contributed by atoms with E-state index in [9.17, 15) is 33.9 Å². The summed E-state index contributed by atoms with van der Waals surface area (Å²) >= 11 is 0. The molecule has 14 heteroatoms. The van der Waals surface area contributed by atoms with E-state index >= 15 is 0 Å². The maximum atomic E-state index is 14.1. The van der Waals surface area contributed by atoms with Gasteiger partial charge < -0.3 is 42.7 Å². The Kier molecular flexibility index (Phi) is 12.7. The zero-order valence-corrected chi connectivity index (χ0v) is 28.0. The first-order chi connectivity index (χ1) is 23.3. The van der Waals surface area contributed by atoms with Gasteiger partial charge in [0.1, 0.15) is 29.9 Å². The number of nitrogens with one attached hydrogen (secondary N) is 4. The fraction of sp³-hybridized carbons (Fsp3) is 0.486. The minimum atomic E-state index is -1.27. The van der Waals surface area contributed by atoms with E-state index in [-0.39, 0.29) is 44.5 Å². The van der Waals surface area contributed by atoms with Crippen LogP contribution in [0.4, 0.5) is 0 Å². The number of rotatable bonds is 7. The number of phenols is 1. The molecule has 2 aliphatic rings. The number of aromatic hydroxyl groups is 1. The molecule has 2 aliphatic heterocycles. The number of carbonyl (C=O) groups excluding carboxylic acids is 6. The van der Waals surface area contributed by atoms with Crippen LogP contribution in [0.15, 0.2) is 42.5 Å². The third-order valence-electron chi connectivity index (χ3n) is 9.10. The Bertz CT molecular complexity index is 1530. The van der Waals surface area contributed by atoms with Crippen molar-refractivity contribution in [3.8, 4) is 5.75 Å². The van der Waals surface area contributed by atoms with E-state index in [0.717, 1.165) is 22.3 Å². The number of hydrogen-bond acceptors (Lipinski definition) is 8. The molecule has 0 saturated carbocycles. The summed E-state index contributed by atoms with van der Waals surface area (Å²) < 4.78 is 0. The Balaban J connectivity index is 1.60. The van der Waals surface area contributed by atoms with Crippen molar-refractivity contribution in [3.05, 3.63) is 64.7 Å². The van der Waals surface area contributed by atoms with E-state index in [0.29, 0.717) is 25.7 Å². The van der Waals surface area contributed by atoms with E-state index in [1.807, 2.05) is 44.2 Å². The van der Waals surface area contributed by atoms with Crippen LogP contribution in [0, 0.1) is 13.8 Å². The summed E-state index contributed by atoms with van der Waals surface area (Å²) in [5, 5.41) is 20.8. The van der Waals surface area contributed by atoms with Crippen LogP contribution in [0.25, 0.3) is 0 Å². The van der Waals surface area contributed by atoms with Gasteiger partial charge in [0.2, 0.25) is 35.4 Å². The maximum absolute atomic E-state index is 14.1. The lowest BCUT2D eigenvalue weighted by Crippen LogP contribution is -2.59. The third-order valence-corrected chi connectivity index (χ3v) is 9.10. The number of nitrogens with zero attached hydrogens (tertiary/aromatic N) is 1. The van der Waals surface area contributed by atoms with E-state index in [1.165, 1.54) is 4.90 Å². The lowest BCUT2D eigenvalue weighted by atomic mass is 9.95. The molecule has 14 nitrogen and oxygen atoms in total. The molecular weight excluding hydrogens is 630 g/mol. The van der Waals surface area contributed by atoms with E-state index in [1.54, 1.807) is 12.1 Å². The average Bonchev–Trinajstić information content (AvgIpc) is 3.55. The second-order valence-electron chi connectivity index (χ2n) is 12.9. The number of benzene rings is 2. The number of aryl methyl sites for hydroxylation is 2. The largest absolute Gasteiger partial charge is 0.508 e. The number of carbonyl (C=O) groups is 6. The zero-order valence-electron chi connectivity index (χ0n) is 28.0. The third kappa shape index (κ3) is 10.0. The number of phenolic OH excluding ortho intramolecular Hbond substituents is 1. The first-order valence-electron chi connectivity index (χ1n) is 16.7. The number of primary amides is 1. The molecule has 2 saturated heterocycles. The average molecular weight is 678 g/mol. The van der Waals surface area contributed by atoms with Gasteiger partial charge in [-0.1, -0.05) is 30.3 Å². The monoisotopic (exact) mass is 677 g/mol. The highest BCUT2D eigenvalue weighted by Crippen LogP contribution is 2.23. The highest BCUT2D eigenvalue weighted by atomic mass is 16.3. The molecule has 0 radical (unpaired) electrons. The van der Waals surface area contributed by atoms with Crippen molar-refractivity contribution in [1.29, 1.82) is 0 Å². The molecule has 2 fully saturated rings. The second kappa shape index (κ2) is 16.9. The molecule has 0 aromatic heterocycles. The topological polar surface area (TPSA) is 226 Å². The molecule has 0 spiro atoms. The molecule has 49 heavy (non-hydrogen) atoms. The van der Waals surface area contributed by atoms with Crippen molar-refractivity contribution in [2.45, 2.75) is 95.4 Å². The van der Waals surface area contributed by atoms with Gasteiger partial charge in [-0.05, 0) is 86.8 Å². The fourth-order valence-electron chi connectivity index (χ4n) is 6.43. The minimum Gasteiger partial charge on any atom is -0.508 e. The van der Waals surface area contributed by atoms with Crippen LogP contribution in [0.2, 0.25) is 0 Å². The highest BCUT2D eigenvalue weighted by molar-refractivity contribution is 5.97. The van der Waals surface area contributed by atoms with Gasteiger partial charge >= 0.3 is 0 Å². The van der Waals surface area contributed by atoms with Crippen molar-refractivity contribution < 1.29 is 33.9 Å². The summed E-state index contributed by atoms with van der Waals surface area (Å²) in [5.74, 6) is -3.52. The predicted molar refractivity (Wildman–Crippen MR) is 181 cm³/mol. The molecule has 2 aromatic rings. The van der Waals surface area contributed by atoms with Crippen LogP contribution >= 0.6 is 0 Å². The maximum Gasteiger partial charge on any atom is 0.246 e.